The topological polar surface area (TPSA) is 63.3 Å². The van der Waals surface area contributed by atoms with E-state index in [2.05, 4.69) is 24.3 Å². The summed E-state index contributed by atoms with van der Waals surface area (Å²) >= 11 is 0. The molecule has 0 saturated heterocycles. The highest BCUT2D eigenvalue weighted by atomic mass is 16.4. The molecule has 0 aliphatic carbocycles. The molecule has 3 aromatic carbocycles. The van der Waals surface area contributed by atoms with Crippen molar-refractivity contribution in [3.63, 3.8) is 0 Å². The second kappa shape index (κ2) is 4.94. The predicted molar refractivity (Wildman–Crippen MR) is 80.9 cm³/mol. The van der Waals surface area contributed by atoms with Gasteiger partial charge in [0.25, 0.3) is 0 Å². The first-order chi connectivity index (χ1) is 9.70. The van der Waals surface area contributed by atoms with E-state index in [4.69, 9.17) is 5.73 Å². The average molecular weight is 265 g/mol. The molecule has 1 atom stereocenters. The molecule has 0 bridgehead atoms. The Bertz CT molecular complexity index is 795. The Labute approximate surface area is 116 Å². The Morgan fingerprint density at radius 3 is 2.35 bits per heavy atom. The third-order valence-electron chi connectivity index (χ3n) is 3.71. The average Bonchev–Trinajstić information content (AvgIpc) is 2.47. The molecule has 3 nitrogen and oxygen atoms in total. The van der Waals surface area contributed by atoms with Crippen molar-refractivity contribution in [3.05, 3.63) is 60.2 Å². The van der Waals surface area contributed by atoms with Gasteiger partial charge in [-0.1, -0.05) is 48.5 Å². The second-order valence-corrected chi connectivity index (χ2v) is 4.89. The molecular weight excluding hydrogens is 250 g/mol. The van der Waals surface area contributed by atoms with Gasteiger partial charge in [0, 0.05) is 6.54 Å². The molecule has 3 heteroatoms. The van der Waals surface area contributed by atoms with E-state index in [1.165, 1.54) is 0 Å². The van der Waals surface area contributed by atoms with Gasteiger partial charge < -0.3 is 10.8 Å². The summed E-state index contributed by atoms with van der Waals surface area (Å²) in [6.45, 7) is 0.103. The van der Waals surface area contributed by atoms with Crippen LogP contribution in [0.25, 0.3) is 21.5 Å². The molecule has 0 aliphatic rings. The predicted octanol–water partition coefficient (Wildman–Crippen LogP) is 3.12. The van der Waals surface area contributed by atoms with E-state index in [1.807, 2.05) is 30.3 Å². The fourth-order valence-electron chi connectivity index (χ4n) is 2.62. The Morgan fingerprint density at radius 1 is 1.00 bits per heavy atom. The highest BCUT2D eigenvalue weighted by molar-refractivity contribution is 6.07. The summed E-state index contributed by atoms with van der Waals surface area (Å²) in [5.41, 5.74) is 6.34. The van der Waals surface area contributed by atoms with E-state index in [1.54, 1.807) is 0 Å². The van der Waals surface area contributed by atoms with Gasteiger partial charge in [0.1, 0.15) is 0 Å². The number of nitrogens with two attached hydrogens (primary N) is 1. The molecule has 3 N–H and O–H groups in total. The molecule has 0 aromatic heterocycles. The molecule has 3 aromatic rings. The number of hydrogen-bond donors (Lipinski definition) is 2. The number of aliphatic carboxylic acids is 1. The Balaban J connectivity index is 2.28. The summed E-state index contributed by atoms with van der Waals surface area (Å²) in [5.74, 6) is -1.54. The van der Waals surface area contributed by atoms with Crippen molar-refractivity contribution in [2.45, 2.75) is 5.92 Å². The minimum Gasteiger partial charge on any atom is -0.481 e. The monoisotopic (exact) mass is 265 g/mol. The molecule has 0 heterocycles. The van der Waals surface area contributed by atoms with Crippen molar-refractivity contribution < 1.29 is 9.90 Å². The van der Waals surface area contributed by atoms with Crippen LogP contribution in [0.3, 0.4) is 0 Å². The second-order valence-electron chi connectivity index (χ2n) is 4.89. The highest BCUT2D eigenvalue weighted by Crippen LogP contribution is 2.28. The first kappa shape index (κ1) is 12.6. The molecule has 100 valence electrons. The van der Waals surface area contributed by atoms with Gasteiger partial charge in [-0.25, -0.2) is 0 Å². The van der Waals surface area contributed by atoms with Crippen LogP contribution < -0.4 is 5.73 Å². The lowest BCUT2D eigenvalue weighted by Crippen LogP contribution is -2.20. The molecule has 0 fully saturated rings. The minimum absolute atomic E-state index is 0.103. The third kappa shape index (κ3) is 2.02. The van der Waals surface area contributed by atoms with Crippen LogP contribution in [-0.2, 0) is 4.79 Å². The van der Waals surface area contributed by atoms with Gasteiger partial charge in [0.2, 0.25) is 0 Å². The van der Waals surface area contributed by atoms with Gasteiger partial charge in [-0.15, -0.1) is 0 Å². The summed E-state index contributed by atoms with van der Waals surface area (Å²) in [5, 5.41) is 13.7. The van der Waals surface area contributed by atoms with Gasteiger partial charge in [0.05, 0.1) is 5.92 Å². The lowest BCUT2D eigenvalue weighted by molar-refractivity contribution is -0.138. The fraction of sp³-hybridized carbons (Fsp3) is 0.118. The van der Waals surface area contributed by atoms with Gasteiger partial charge in [0.15, 0.2) is 0 Å². The van der Waals surface area contributed by atoms with Crippen molar-refractivity contribution in [1.82, 2.24) is 0 Å². The first-order valence-corrected chi connectivity index (χ1v) is 6.55. The van der Waals surface area contributed by atoms with Crippen LogP contribution in [0.5, 0.6) is 0 Å². The number of benzene rings is 3. The molecule has 1 unspecified atom stereocenters. The number of carbonyl (C=O) groups is 1. The zero-order chi connectivity index (χ0) is 14.1. The lowest BCUT2D eigenvalue weighted by Gasteiger charge is -2.12. The summed E-state index contributed by atoms with van der Waals surface area (Å²) in [7, 11) is 0. The Kier molecular flexibility index (Phi) is 3.12. The normalized spacial score (nSPS) is 12.7. The van der Waals surface area contributed by atoms with E-state index in [9.17, 15) is 9.90 Å². The van der Waals surface area contributed by atoms with Gasteiger partial charge >= 0.3 is 5.97 Å². The smallest absolute Gasteiger partial charge is 0.312 e. The summed E-state index contributed by atoms with van der Waals surface area (Å²) in [4.78, 5) is 11.3. The van der Waals surface area contributed by atoms with Crippen LogP contribution in [0, 0.1) is 0 Å². The molecular formula is C17H15NO2. The van der Waals surface area contributed by atoms with Crippen molar-refractivity contribution >= 4 is 27.5 Å². The van der Waals surface area contributed by atoms with Crippen LogP contribution in [-0.4, -0.2) is 17.6 Å². The summed E-state index contributed by atoms with van der Waals surface area (Å²) in [6.07, 6.45) is 0. The highest BCUT2D eigenvalue weighted by Gasteiger charge is 2.18. The number of hydrogen-bond acceptors (Lipinski definition) is 2. The van der Waals surface area contributed by atoms with Gasteiger partial charge in [-0.05, 0) is 33.2 Å². The standard InChI is InChI=1S/C17H15NO2/c18-10-16(17(19)20)13-8-7-12-6-5-11-3-1-2-4-14(11)15(12)9-13/h1-9,16H,10,18H2,(H,19,20). The minimum atomic E-state index is -0.882. The maximum absolute atomic E-state index is 11.3. The van der Waals surface area contributed by atoms with Crippen LogP contribution in [0.15, 0.2) is 54.6 Å². The Morgan fingerprint density at radius 2 is 1.65 bits per heavy atom. The number of carboxylic acids is 1. The van der Waals surface area contributed by atoms with E-state index in [0.717, 1.165) is 27.1 Å². The van der Waals surface area contributed by atoms with Crippen LogP contribution in [0.4, 0.5) is 0 Å². The van der Waals surface area contributed by atoms with E-state index in [-0.39, 0.29) is 6.54 Å². The molecule has 0 amide bonds. The summed E-state index contributed by atoms with van der Waals surface area (Å²) in [6, 6.07) is 18.0. The molecule has 0 radical (unpaired) electrons. The van der Waals surface area contributed by atoms with E-state index in [0.29, 0.717) is 0 Å². The van der Waals surface area contributed by atoms with Crippen molar-refractivity contribution in [2.24, 2.45) is 5.73 Å². The maximum atomic E-state index is 11.3. The van der Waals surface area contributed by atoms with Crippen LogP contribution in [0.2, 0.25) is 0 Å². The van der Waals surface area contributed by atoms with Crippen molar-refractivity contribution in [1.29, 1.82) is 0 Å². The molecule has 3 rings (SSSR count). The van der Waals surface area contributed by atoms with Crippen LogP contribution >= 0.6 is 0 Å². The number of carboxylic acid groups (broad SMARTS) is 1. The SMILES string of the molecule is NCC(C(=O)O)c1ccc2ccc3ccccc3c2c1. The third-order valence-corrected chi connectivity index (χ3v) is 3.71. The van der Waals surface area contributed by atoms with E-state index < -0.39 is 11.9 Å². The first-order valence-electron chi connectivity index (χ1n) is 6.55. The van der Waals surface area contributed by atoms with E-state index >= 15 is 0 Å². The number of rotatable bonds is 3. The fourth-order valence-corrected chi connectivity index (χ4v) is 2.62. The Hall–Kier alpha value is -2.39. The summed E-state index contributed by atoms with van der Waals surface area (Å²) < 4.78 is 0. The molecule has 0 saturated carbocycles. The maximum Gasteiger partial charge on any atom is 0.312 e. The largest absolute Gasteiger partial charge is 0.481 e. The van der Waals surface area contributed by atoms with Gasteiger partial charge in [-0.3, -0.25) is 4.79 Å². The lowest BCUT2D eigenvalue weighted by atomic mass is 9.94. The van der Waals surface area contributed by atoms with Crippen molar-refractivity contribution in [3.8, 4) is 0 Å². The molecule has 0 spiro atoms. The molecule has 0 aliphatic heterocycles. The van der Waals surface area contributed by atoms with Gasteiger partial charge in [-0.2, -0.15) is 0 Å². The quantitative estimate of drug-likeness (QED) is 0.715. The number of fused-ring (bicyclic) bond motifs is 3. The zero-order valence-corrected chi connectivity index (χ0v) is 10.9. The molecule has 20 heavy (non-hydrogen) atoms. The van der Waals surface area contributed by atoms with Crippen molar-refractivity contribution in [2.75, 3.05) is 6.54 Å². The van der Waals surface area contributed by atoms with Crippen LogP contribution in [0.1, 0.15) is 11.5 Å². The zero-order valence-electron chi connectivity index (χ0n) is 10.9.